The summed E-state index contributed by atoms with van der Waals surface area (Å²) >= 11 is 1.64. The second-order valence-corrected chi connectivity index (χ2v) is 12.1. The molecule has 2 aliphatic rings. The average Bonchev–Trinajstić information content (AvgIpc) is 3.50. The molecule has 2 aromatic carbocycles. The maximum atomic E-state index is 13.5. The Hall–Kier alpha value is -2.69. The Morgan fingerprint density at radius 1 is 1.15 bits per heavy atom. The first-order valence-electron chi connectivity index (χ1n) is 11.3. The quantitative estimate of drug-likeness (QED) is 0.531. The summed E-state index contributed by atoms with van der Waals surface area (Å²) in [6, 6.07) is 12.4. The summed E-state index contributed by atoms with van der Waals surface area (Å²) in [4.78, 5) is 22.2. The molecule has 8 nitrogen and oxygen atoms in total. The minimum atomic E-state index is -3.48. The number of aliphatic hydroxyl groups is 1. The highest BCUT2D eigenvalue weighted by atomic mass is 32.2. The van der Waals surface area contributed by atoms with Gasteiger partial charge < -0.3 is 19.6 Å². The largest absolute Gasteiger partial charge is 0.492 e. The lowest BCUT2D eigenvalue weighted by Crippen LogP contribution is -2.48. The number of amides is 1. The molecule has 3 aromatic rings. The molecule has 2 fully saturated rings. The fourth-order valence-corrected chi connectivity index (χ4v) is 5.72. The number of hydrogen-bond donors (Lipinski definition) is 1. The van der Waals surface area contributed by atoms with Crippen molar-refractivity contribution in [3.05, 3.63) is 48.0 Å². The first kappa shape index (κ1) is 23.1. The van der Waals surface area contributed by atoms with E-state index in [1.807, 2.05) is 18.2 Å². The van der Waals surface area contributed by atoms with Crippen molar-refractivity contribution in [2.24, 2.45) is 5.41 Å². The minimum Gasteiger partial charge on any atom is -0.492 e. The SMILES string of the molecule is CS(=O)(=O)c1ccc(OCC2(CO)CC2)c(C(=O)N2CCN(c3nc4ccccc4s3)CC2)c1. The second-order valence-electron chi connectivity index (χ2n) is 9.12. The lowest BCUT2D eigenvalue weighted by molar-refractivity contribution is 0.0739. The van der Waals surface area contributed by atoms with Crippen LogP contribution >= 0.6 is 11.3 Å². The van der Waals surface area contributed by atoms with Gasteiger partial charge in [-0.05, 0) is 43.2 Å². The predicted molar refractivity (Wildman–Crippen MR) is 132 cm³/mol. The van der Waals surface area contributed by atoms with Crippen LogP contribution in [0.4, 0.5) is 5.13 Å². The lowest BCUT2D eigenvalue weighted by Gasteiger charge is -2.35. The van der Waals surface area contributed by atoms with Crippen LogP contribution in [0.15, 0.2) is 47.4 Å². The standard InChI is InChI=1S/C24H27N3O5S2/c1-34(30,31)17-6-7-20(32-16-24(15-28)8-9-24)18(14-17)22(29)26-10-12-27(13-11-26)23-25-19-4-2-3-5-21(19)33-23/h2-7,14,28H,8-13,15-16H2,1H3. The number of aromatic nitrogens is 1. The number of fused-ring (bicyclic) bond motifs is 1. The number of aliphatic hydroxyl groups excluding tert-OH is 1. The molecule has 180 valence electrons. The Morgan fingerprint density at radius 2 is 1.88 bits per heavy atom. The summed E-state index contributed by atoms with van der Waals surface area (Å²) in [5.74, 6) is 0.101. The van der Waals surface area contributed by atoms with E-state index < -0.39 is 9.84 Å². The van der Waals surface area contributed by atoms with E-state index in [-0.39, 0.29) is 28.4 Å². The van der Waals surface area contributed by atoms with Crippen molar-refractivity contribution >= 4 is 42.4 Å². The fourth-order valence-electron chi connectivity index (χ4n) is 4.05. The molecule has 0 spiro atoms. The summed E-state index contributed by atoms with van der Waals surface area (Å²) in [6.07, 6.45) is 2.88. The van der Waals surface area contributed by atoms with Crippen molar-refractivity contribution in [2.75, 3.05) is 50.5 Å². The third-order valence-electron chi connectivity index (χ3n) is 6.56. The number of ether oxygens (including phenoxy) is 1. The number of piperazine rings is 1. The molecule has 0 unspecified atom stereocenters. The first-order valence-corrected chi connectivity index (χ1v) is 14.0. The predicted octanol–water partition coefficient (Wildman–Crippen LogP) is 2.81. The summed E-state index contributed by atoms with van der Waals surface area (Å²) in [6.45, 7) is 2.61. The van der Waals surface area contributed by atoms with Gasteiger partial charge in [0.15, 0.2) is 15.0 Å². The van der Waals surface area contributed by atoms with Gasteiger partial charge in [-0.2, -0.15) is 0 Å². The van der Waals surface area contributed by atoms with Crippen LogP contribution in [-0.4, -0.2) is 75.0 Å². The van der Waals surface area contributed by atoms with E-state index in [1.165, 1.54) is 12.1 Å². The molecule has 1 aliphatic carbocycles. The fraction of sp³-hybridized carbons (Fsp3) is 0.417. The van der Waals surface area contributed by atoms with E-state index in [0.29, 0.717) is 38.5 Å². The number of thiazole rings is 1. The van der Waals surface area contributed by atoms with Gasteiger partial charge in [0, 0.05) is 37.8 Å². The number of para-hydroxylation sites is 1. The molecule has 1 aromatic heterocycles. The van der Waals surface area contributed by atoms with Crippen LogP contribution in [0.3, 0.4) is 0 Å². The van der Waals surface area contributed by atoms with Crippen LogP contribution in [0.2, 0.25) is 0 Å². The van der Waals surface area contributed by atoms with Crippen molar-refractivity contribution in [1.29, 1.82) is 0 Å². The minimum absolute atomic E-state index is 0.0332. The highest BCUT2D eigenvalue weighted by molar-refractivity contribution is 7.90. The maximum absolute atomic E-state index is 13.5. The summed E-state index contributed by atoms with van der Waals surface area (Å²) in [5.41, 5.74) is 0.959. The number of benzene rings is 2. The van der Waals surface area contributed by atoms with E-state index in [1.54, 1.807) is 22.3 Å². The Labute approximate surface area is 202 Å². The molecule has 10 heteroatoms. The number of carbonyl (C=O) groups excluding carboxylic acids is 1. The Kier molecular flexibility index (Phi) is 5.99. The van der Waals surface area contributed by atoms with Crippen LogP contribution in [-0.2, 0) is 9.84 Å². The molecule has 0 atom stereocenters. The van der Waals surface area contributed by atoms with Gasteiger partial charge in [-0.3, -0.25) is 4.79 Å². The summed E-state index contributed by atoms with van der Waals surface area (Å²) < 4.78 is 31.3. The third kappa shape index (κ3) is 4.62. The second kappa shape index (κ2) is 8.83. The van der Waals surface area contributed by atoms with Crippen molar-refractivity contribution in [3.8, 4) is 5.75 Å². The van der Waals surface area contributed by atoms with E-state index >= 15 is 0 Å². The van der Waals surface area contributed by atoms with Gasteiger partial charge in [0.2, 0.25) is 0 Å². The molecule has 2 heterocycles. The van der Waals surface area contributed by atoms with Gasteiger partial charge in [-0.15, -0.1) is 0 Å². The molecule has 1 amide bonds. The molecular formula is C24H27N3O5S2. The monoisotopic (exact) mass is 501 g/mol. The zero-order valence-electron chi connectivity index (χ0n) is 18.9. The molecule has 0 bridgehead atoms. The van der Waals surface area contributed by atoms with Gasteiger partial charge in [0.1, 0.15) is 5.75 Å². The number of carbonyl (C=O) groups is 1. The van der Waals surface area contributed by atoms with Gasteiger partial charge in [-0.25, -0.2) is 13.4 Å². The first-order chi connectivity index (χ1) is 16.3. The zero-order valence-corrected chi connectivity index (χ0v) is 20.6. The van der Waals surface area contributed by atoms with Gasteiger partial charge in [-0.1, -0.05) is 23.5 Å². The molecule has 5 rings (SSSR count). The third-order valence-corrected chi connectivity index (χ3v) is 8.76. The van der Waals surface area contributed by atoms with Crippen LogP contribution < -0.4 is 9.64 Å². The number of hydrogen-bond acceptors (Lipinski definition) is 8. The molecule has 1 aliphatic heterocycles. The van der Waals surface area contributed by atoms with Crippen LogP contribution in [0.25, 0.3) is 10.2 Å². The smallest absolute Gasteiger partial charge is 0.257 e. The van der Waals surface area contributed by atoms with E-state index in [9.17, 15) is 18.3 Å². The topological polar surface area (TPSA) is 100 Å². The number of rotatable bonds is 7. The number of anilines is 1. The Balaban J connectivity index is 1.33. The van der Waals surface area contributed by atoms with Gasteiger partial charge in [0.25, 0.3) is 5.91 Å². The van der Waals surface area contributed by atoms with Crippen molar-refractivity contribution < 1.29 is 23.1 Å². The molecule has 0 radical (unpaired) electrons. The summed E-state index contributed by atoms with van der Waals surface area (Å²) in [5, 5.41) is 10.5. The summed E-state index contributed by atoms with van der Waals surface area (Å²) in [7, 11) is -3.48. The van der Waals surface area contributed by atoms with Gasteiger partial charge in [0.05, 0.1) is 33.9 Å². The highest BCUT2D eigenvalue weighted by Crippen LogP contribution is 2.45. The van der Waals surface area contributed by atoms with Crippen LogP contribution in [0, 0.1) is 5.41 Å². The Morgan fingerprint density at radius 3 is 2.53 bits per heavy atom. The average molecular weight is 502 g/mol. The lowest BCUT2D eigenvalue weighted by atomic mass is 10.1. The van der Waals surface area contributed by atoms with E-state index in [0.717, 1.165) is 34.4 Å². The van der Waals surface area contributed by atoms with Crippen molar-refractivity contribution in [1.82, 2.24) is 9.88 Å². The molecule has 1 saturated carbocycles. The Bertz CT molecular complexity index is 1290. The van der Waals surface area contributed by atoms with Crippen molar-refractivity contribution in [3.63, 3.8) is 0 Å². The number of sulfone groups is 1. The zero-order chi connectivity index (χ0) is 23.9. The van der Waals surface area contributed by atoms with E-state index in [2.05, 4.69) is 11.0 Å². The molecular weight excluding hydrogens is 474 g/mol. The normalized spacial score (nSPS) is 17.7. The van der Waals surface area contributed by atoms with Crippen LogP contribution in [0.1, 0.15) is 23.2 Å². The van der Waals surface area contributed by atoms with Gasteiger partial charge >= 0.3 is 0 Å². The van der Waals surface area contributed by atoms with Crippen LogP contribution in [0.5, 0.6) is 5.75 Å². The highest BCUT2D eigenvalue weighted by Gasteiger charge is 2.43. The van der Waals surface area contributed by atoms with E-state index in [4.69, 9.17) is 9.72 Å². The molecule has 1 saturated heterocycles. The molecule has 1 N–H and O–H groups in total. The maximum Gasteiger partial charge on any atom is 0.257 e. The molecule has 34 heavy (non-hydrogen) atoms. The van der Waals surface area contributed by atoms with Crippen molar-refractivity contribution in [2.45, 2.75) is 17.7 Å². The number of nitrogens with zero attached hydrogens (tertiary/aromatic N) is 3.